The molecule has 0 amide bonds. The van der Waals surface area contributed by atoms with E-state index >= 15 is 0 Å². The molecule has 0 spiro atoms. The number of esters is 1. The highest BCUT2D eigenvalue weighted by molar-refractivity contribution is 5.75. The average molecular weight is 256 g/mol. The predicted octanol–water partition coefficient (Wildman–Crippen LogP) is 1.82. The molecule has 1 rings (SSSR count). The van der Waals surface area contributed by atoms with Crippen molar-refractivity contribution >= 4 is 5.97 Å². The van der Waals surface area contributed by atoms with Crippen molar-refractivity contribution in [1.29, 1.82) is 0 Å². The lowest BCUT2D eigenvalue weighted by Gasteiger charge is -2.47. The Labute approximate surface area is 111 Å². The second-order valence-corrected chi connectivity index (χ2v) is 6.76. The molecule has 1 aliphatic rings. The first-order valence-electron chi connectivity index (χ1n) is 6.87. The van der Waals surface area contributed by atoms with Crippen molar-refractivity contribution in [3.8, 4) is 0 Å². The Bertz CT molecular complexity index is 284. The minimum absolute atomic E-state index is 0.0980. The maximum absolute atomic E-state index is 11.6. The van der Waals surface area contributed by atoms with Crippen LogP contribution in [0, 0.1) is 5.92 Å². The molecule has 4 heteroatoms. The van der Waals surface area contributed by atoms with Crippen molar-refractivity contribution in [3.63, 3.8) is 0 Å². The molecule has 1 saturated heterocycles. The number of ether oxygens (including phenoxy) is 1. The van der Waals surface area contributed by atoms with E-state index in [1.165, 1.54) is 0 Å². The fraction of sp³-hybridized carbons (Fsp3) is 0.929. The number of rotatable bonds is 4. The van der Waals surface area contributed by atoms with E-state index in [9.17, 15) is 4.79 Å². The van der Waals surface area contributed by atoms with Gasteiger partial charge in [-0.1, -0.05) is 0 Å². The predicted molar refractivity (Wildman–Crippen MR) is 73.2 cm³/mol. The molecule has 0 aliphatic carbocycles. The molecule has 1 aliphatic heterocycles. The van der Waals surface area contributed by atoms with Gasteiger partial charge in [-0.2, -0.15) is 0 Å². The molecule has 18 heavy (non-hydrogen) atoms. The van der Waals surface area contributed by atoms with Crippen LogP contribution in [0.4, 0.5) is 0 Å². The smallest absolute Gasteiger partial charge is 0.322 e. The molecule has 1 heterocycles. The van der Waals surface area contributed by atoms with Gasteiger partial charge < -0.3 is 15.8 Å². The van der Waals surface area contributed by atoms with E-state index in [4.69, 9.17) is 10.5 Å². The number of carbonyl (C=O) groups excluding carboxylic acids is 1. The number of piperidine rings is 1. The molecule has 0 aromatic carbocycles. The fourth-order valence-electron chi connectivity index (χ4n) is 3.40. The first-order valence-corrected chi connectivity index (χ1v) is 6.87. The first kappa shape index (κ1) is 15.4. The molecule has 1 fully saturated rings. The summed E-state index contributed by atoms with van der Waals surface area (Å²) in [6, 6.07) is -0.486. The van der Waals surface area contributed by atoms with Crippen LogP contribution >= 0.6 is 0 Å². The summed E-state index contributed by atoms with van der Waals surface area (Å²) in [5, 5.41) is 3.63. The quantitative estimate of drug-likeness (QED) is 0.753. The molecule has 106 valence electrons. The van der Waals surface area contributed by atoms with Crippen molar-refractivity contribution in [2.24, 2.45) is 11.7 Å². The Morgan fingerprint density at radius 2 is 1.83 bits per heavy atom. The molecular weight excluding hydrogens is 228 g/mol. The van der Waals surface area contributed by atoms with Gasteiger partial charge in [-0.05, 0) is 59.8 Å². The Balaban J connectivity index is 2.59. The lowest BCUT2D eigenvalue weighted by atomic mass is 9.74. The van der Waals surface area contributed by atoms with E-state index in [2.05, 4.69) is 33.0 Å². The summed E-state index contributed by atoms with van der Waals surface area (Å²) in [6.45, 7) is 11.0. The number of carbonyl (C=O) groups is 1. The van der Waals surface area contributed by atoms with E-state index in [0.717, 1.165) is 12.8 Å². The van der Waals surface area contributed by atoms with Gasteiger partial charge in [0.2, 0.25) is 0 Å². The molecule has 0 aromatic heterocycles. The van der Waals surface area contributed by atoms with Gasteiger partial charge in [0.1, 0.15) is 6.04 Å². The molecule has 4 nitrogen and oxygen atoms in total. The van der Waals surface area contributed by atoms with E-state index in [1.54, 1.807) is 6.92 Å². The molecule has 1 unspecified atom stereocenters. The van der Waals surface area contributed by atoms with Crippen molar-refractivity contribution in [2.45, 2.75) is 71.0 Å². The van der Waals surface area contributed by atoms with E-state index in [1.807, 2.05) is 0 Å². The van der Waals surface area contributed by atoms with Crippen molar-refractivity contribution in [1.82, 2.24) is 5.32 Å². The van der Waals surface area contributed by atoms with Gasteiger partial charge in [0.05, 0.1) is 6.61 Å². The highest BCUT2D eigenvalue weighted by atomic mass is 16.5. The molecule has 0 radical (unpaired) electrons. The molecule has 0 aromatic rings. The minimum Gasteiger partial charge on any atom is -0.465 e. The zero-order valence-electron chi connectivity index (χ0n) is 12.4. The lowest BCUT2D eigenvalue weighted by molar-refractivity contribution is -0.145. The highest BCUT2D eigenvalue weighted by Gasteiger charge is 2.38. The number of hydrogen-bond donors (Lipinski definition) is 2. The normalized spacial score (nSPS) is 24.6. The number of nitrogens with one attached hydrogen (secondary N) is 1. The van der Waals surface area contributed by atoms with E-state index in [-0.39, 0.29) is 17.0 Å². The largest absolute Gasteiger partial charge is 0.465 e. The van der Waals surface area contributed by atoms with Crippen LogP contribution in [0.5, 0.6) is 0 Å². The van der Waals surface area contributed by atoms with Gasteiger partial charge in [-0.3, -0.25) is 4.79 Å². The topological polar surface area (TPSA) is 64.3 Å². The Morgan fingerprint density at radius 3 is 2.28 bits per heavy atom. The van der Waals surface area contributed by atoms with Crippen molar-refractivity contribution < 1.29 is 9.53 Å². The second kappa shape index (κ2) is 5.57. The molecular formula is C14H28N2O2. The minimum atomic E-state index is -0.486. The summed E-state index contributed by atoms with van der Waals surface area (Å²) in [6.07, 6.45) is 2.81. The summed E-state index contributed by atoms with van der Waals surface area (Å²) in [5.41, 5.74) is 6.11. The summed E-state index contributed by atoms with van der Waals surface area (Å²) in [5.74, 6) is 0.197. The summed E-state index contributed by atoms with van der Waals surface area (Å²) in [4.78, 5) is 11.6. The van der Waals surface area contributed by atoms with Gasteiger partial charge in [0.15, 0.2) is 0 Å². The van der Waals surface area contributed by atoms with Crippen LogP contribution in [0.1, 0.15) is 53.9 Å². The van der Waals surface area contributed by atoms with E-state index < -0.39 is 6.04 Å². The van der Waals surface area contributed by atoms with Crippen LogP contribution in [0.25, 0.3) is 0 Å². The van der Waals surface area contributed by atoms with Crippen LogP contribution in [0.3, 0.4) is 0 Å². The molecule has 1 atom stereocenters. The average Bonchev–Trinajstić information content (AvgIpc) is 2.12. The Kier molecular flexibility index (Phi) is 4.78. The third-order valence-electron chi connectivity index (χ3n) is 3.45. The monoisotopic (exact) mass is 256 g/mol. The first-order chi connectivity index (χ1) is 8.15. The van der Waals surface area contributed by atoms with E-state index in [0.29, 0.717) is 18.9 Å². The zero-order valence-corrected chi connectivity index (χ0v) is 12.4. The maximum Gasteiger partial charge on any atom is 0.322 e. The standard InChI is InChI=1S/C14H28N2O2/c1-6-18-12(17)11(15)7-10-8-13(2,3)16-14(4,5)9-10/h10-11,16H,6-9,15H2,1-5H3. The van der Waals surface area contributed by atoms with Gasteiger partial charge in [0.25, 0.3) is 0 Å². The summed E-state index contributed by atoms with van der Waals surface area (Å²) >= 11 is 0. The third kappa shape index (κ3) is 4.58. The highest BCUT2D eigenvalue weighted by Crippen LogP contribution is 2.35. The third-order valence-corrected chi connectivity index (χ3v) is 3.45. The maximum atomic E-state index is 11.6. The Morgan fingerprint density at radius 1 is 1.33 bits per heavy atom. The van der Waals surface area contributed by atoms with Crippen LogP contribution in [-0.2, 0) is 9.53 Å². The van der Waals surface area contributed by atoms with Gasteiger partial charge in [-0.15, -0.1) is 0 Å². The van der Waals surface area contributed by atoms with Gasteiger partial charge >= 0.3 is 5.97 Å². The SMILES string of the molecule is CCOC(=O)C(N)CC1CC(C)(C)NC(C)(C)C1. The number of hydrogen-bond acceptors (Lipinski definition) is 4. The second-order valence-electron chi connectivity index (χ2n) is 6.76. The van der Waals surface area contributed by atoms with Gasteiger partial charge in [-0.25, -0.2) is 0 Å². The summed E-state index contributed by atoms with van der Waals surface area (Å²) < 4.78 is 4.97. The van der Waals surface area contributed by atoms with Crippen molar-refractivity contribution in [2.75, 3.05) is 6.61 Å². The lowest BCUT2D eigenvalue weighted by Crippen LogP contribution is -2.58. The van der Waals surface area contributed by atoms with Crippen LogP contribution in [0.2, 0.25) is 0 Å². The fourth-order valence-corrected chi connectivity index (χ4v) is 3.40. The van der Waals surface area contributed by atoms with Crippen molar-refractivity contribution in [3.05, 3.63) is 0 Å². The zero-order chi connectivity index (χ0) is 14.0. The molecule has 0 saturated carbocycles. The molecule has 0 bridgehead atoms. The number of nitrogens with two attached hydrogens (primary N) is 1. The van der Waals surface area contributed by atoms with Crippen LogP contribution in [0.15, 0.2) is 0 Å². The summed E-state index contributed by atoms with van der Waals surface area (Å²) in [7, 11) is 0. The Hall–Kier alpha value is -0.610. The van der Waals surface area contributed by atoms with Crippen LogP contribution in [-0.4, -0.2) is 29.7 Å². The van der Waals surface area contributed by atoms with Gasteiger partial charge in [0, 0.05) is 11.1 Å². The molecule has 3 N–H and O–H groups in total. The van der Waals surface area contributed by atoms with Crippen LogP contribution < -0.4 is 11.1 Å².